The monoisotopic (exact) mass is 269 g/mol. The van der Waals surface area contributed by atoms with Crippen molar-refractivity contribution in [1.29, 1.82) is 0 Å². The van der Waals surface area contributed by atoms with Gasteiger partial charge in [-0.2, -0.15) is 0 Å². The molecular formula is C12H15NO6. The van der Waals surface area contributed by atoms with E-state index in [9.17, 15) is 14.7 Å². The highest BCUT2D eigenvalue weighted by atomic mass is 16.5. The lowest BCUT2D eigenvalue weighted by molar-refractivity contribution is -0.147. The molecule has 19 heavy (non-hydrogen) atoms. The van der Waals surface area contributed by atoms with Crippen molar-refractivity contribution in [2.75, 3.05) is 13.2 Å². The smallest absolute Gasteiger partial charge is 0.332 e. The Morgan fingerprint density at radius 2 is 2.00 bits per heavy atom. The van der Waals surface area contributed by atoms with Gasteiger partial charge in [0.2, 0.25) is 0 Å². The number of carboxylic acid groups (broad SMARTS) is 1. The maximum absolute atomic E-state index is 11.3. The molecule has 4 N–H and O–H groups in total. The lowest BCUT2D eigenvalue weighted by Gasteiger charge is -2.09. The van der Waals surface area contributed by atoms with E-state index in [1.54, 1.807) is 12.1 Å². The molecule has 0 spiro atoms. The molecule has 1 atom stereocenters. The van der Waals surface area contributed by atoms with Gasteiger partial charge in [-0.25, -0.2) is 4.79 Å². The van der Waals surface area contributed by atoms with Gasteiger partial charge in [0.15, 0.2) is 24.2 Å². The van der Waals surface area contributed by atoms with Crippen molar-refractivity contribution in [2.24, 2.45) is 0 Å². The van der Waals surface area contributed by atoms with Crippen molar-refractivity contribution in [3.05, 3.63) is 24.3 Å². The molecular weight excluding hydrogens is 254 g/mol. The molecule has 0 bridgehead atoms. The highest BCUT2D eigenvalue weighted by Crippen LogP contribution is 2.23. The summed E-state index contributed by atoms with van der Waals surface area (Å²) in [6.45, 7) is -0.281. The summed E-state index contributed by atoms with van der Waals surface area (Å²) in [5.74, 6) is -1.69. The number of para-hydroxylation sites is 2. The molecule has 7 heteroatoms. The summed E-state index contributed by atoms with van der Waals surface area (Å²) in [7, 11) is 0. The molecule has 0 aromatic heterocycles. The molecule has 0 radical (unpaired) electrons. The summed E-state index contributed by atoms with van der Waals surface area (Å²) < 4.78 is 5.06. The van der Waals surface area contributed by atoms with Crippen LogP contribution in [-0.4, -0.2) is 46.5 Å². The number of rotatable bonds is 7. The van der Waals surface area contributed by atoms with Gasteiger partial charge in [0.05, 0.1) is 0 Å². The maximum atomic E-state index is 11.3. The number of phenolic OH excluding ortho intramolecular Hbond substituents is 1. The van der Waals surface area contributed by atoms with E-state index < -0.39 is 18.0 Å². The average molecular weight is 269 g/mol. The third-order valence-corrected chi connectivity index (χ3v) is 2.25. The van der Waals surface area contributed by atoms with E-state index in [2.05, 4.69) is 5.32 Å². The molecule has 0 aliphatic heterocycles. The van der Waals surface area contributed by atoms with E-state index in [-0.39, 0.29) is 31.1 Å². The number of benzene rings is 1. The molecule has 0 saturated heterocycles. The molecule has 1 rings (SSSR count). The molecule has 1 amide bonds. The number of aliphatic hydroxyl groups excluding tert-OH is 1. The quantitative estimate of drug-likeness (QED) is 0.541. The number of ether oxygens (including phenoxy) is 1. The minimum atomic E-state index is -1.50. The molecule has 0 fully saturated rings. The van der Waals surface area contributed by atoms with Crippen LogP contribution in [0.2, 0.25) is 0 Å². The van der Waals surface area contributed by atoms with Crippen LogP contribution in [0.25, 0.3) is 0 Å². The van der Waals surface area contributed by atoms with E-state index in [4.69, 9.17) is 14.9 Å². The summed E-state index contributed by atoms with van der Waals surface area (Å²) in [6.07, 6.45) is -1.59. The van der Waals surface area contributed by atoms with Crippen molar-refractivity contribution in [2.45, 2.75) is 12.5 Å². The number of hydrogen-bond donors (Lipinski definition) is 4. The van der Waals surface area contributed by atoms with Crippen LogP contribution >= 0.6 is 0 Å². The second-order valence-corrected chi connectivity index (χ2v) is 3.75. The Kier molecular flexibility index (Phi) is 5.62. The zero-order valence-electron chi connectivity index (χ0n) is 10.1. The summed E-state index contributed by atoms with van der Waals surface area (Å²) in [6, 6.07) is 6.21. The second-order valence-electron chi connectivity index (χ2n) is 3.75. The standard InChI is InChI=1S/C12H15NO6/c14-8-3-1-2-4-10(8)19-7-11(16)13-6-5-9(15)12(17)18/h1-4,9,14-15H,5-7H2,(H,13,16)(H,17,18). The Balaban J connectivity index is 2.25. The average Bonchev–Trinajstić information content (AvgIpc) is 2.37. The largest absolute Gasteiger partial charge is 0.504 e. The highest BCUT2D eigenvalue weighted by Gasteiger charge is 2.13. The first-order valence-corrected chi connectivity index (χ1v) is 5.59. The number of amides is 1. The predicted molar refractivity (Wildman–Crippen MR) is 64.9 cm³/mol. The highest BCUT2D eigenvalue weighted by molar-refractivity contribution is 5.77. The Morgan fingerprint density at radius 3 is 2.63 bits per heavy atom. The fourth-order valence-electron chi connectivity index (χ4n) is 1.25. The molecule has 1 aromatic carbocycles. The van der Waals surface area contributed by atoms with Gasteiger partial charge in [0.25, 0.3) is 5.91 Å². The van der Waals surface area contributed by atoms with Gasteiger partial charge in [-0.1, -0.05) is 12.1 Å². The Hall–Kier alpha value is -2.28. The van der Waals surface area contributed by atoms with Crippen LogP contribution in [0, 0.1) is 0 Å². The molecule has 1 aromatic rings. The lowest BCUT2D eigenvalue weighted by atomic mass is 10.2. The first-order chi connectivity index (χ1) is 9.00. The van der Waals surface area contributed by atoms with Gasteiger partial charge in [0.1, 0.15) is 0 Å². The summed E-state index contributed by atoms with van der Waals surface area (Å²) in [5.41, 5.74) is 0. The van der Waals surface area contributed by atoms with Crippen molar-refractivity contribution in [3.63, 3.8) is 0 Å². The van der Waals surface area contributed by atoms with E-state index in [1.807, 2.05) is 0 Å². The Labute approximate surface area is 109 Å². The fraction of sp³-hybridized carbons (Fsp3) is 0.333. The third kappa shape index (κ3) is 5.26. The van der Waals surface area contributed by atoms with Crippen LogP contribution in [0.15, 0.2) is 24.3 Å². The Bertz CT molecular complexity index is 448. The Morgan fingerprint density at radius 1 is 1.32 bits per heavy atom. The van der Waals surface area contributed by atoms with E-state index in [1.165, 1.54) is 12.1 Å². The predicted octanol–water partition coefficient (Wildman–Crippen LogP) is -0.277. The van der Waals surface area contributed by atoms with E-state index in [0.29, 0.717) is 0 Å². The van der Waals surface area contributed by atoms with Crippen LogP contribution in [0.3, 0.4) is 0 Å². The first-order valence-electron chi connectivity index (χ1n) is 5.59. The minimum Gasteiger partial charge on any atom is -0.504 e. The van der Waals surface area contributed by atoms with Crippen LogP contribution in [0.1, 0.15) is 6.42 Å². The number of aliphatic hydroxyl groups is 1. The minimum absolute atomic E-state index is 0.0242. The number of carbonyl (C=O) groups excluding carboxylic acids is 1. The number of aromatic hydroxyl groups is 1. The molecule has 104 valence electrons. The number of hydrogen-bond acceptors (Lipinski definition) is 5. The molecule has 7 nitrogen and oxygen atoms in total. The lowest BCUT2D eigenvalue weighted by Crippen LogP contribution is -2.33. The number of carboxylic acids is 1. The normalized spacial score (nSPS) is 11.6. The molecule has 1 unspecified atom stereocenters. The number of nitrogens with one attached hydrogen (secondary N) is 1. The van der Waals surface area contributed by atoms with Crippen LogP contribution in [-0.2, 0) is 9.59 Å². The van der Waals surface area contributed by atoms with Crippen LogP contribution in [0.5, 0.6) is 11.5 Å². The van der Waals surface area contributed by atoms with Crippen LogP contribution in [0.4, 0.5) is 0 Å². The molecule has 0 aliphatic carbocycles. The first kappa shape index (κ1) is 14.8. The van der Waals surface area contributed by atoms with Gasteiger partial charge in [-0.15, -0.1) is 0 Å². The third-order valence-electron chi connectivity index (χ3n) is 2.25. The zero-order chi connectivity index (χ0) is 14.3. The summed E-state index contributed by atoms with van der Waals surface area (Å²) >= 11 is 0. The van der Waals surface area contributed by atoms with Crippen molar-refractivity contribution in [1.82, 2.24) is 5.32 Å². The van der Waals surface area contributed by atoms with Gasteiger partial charge >= 0.3 is 5.97 Å². The topological polar surface area (TPSA) is 116 Å². The molecule has 0 aliphatic rings. The van der Waals surface area contributed by atoms with Gasteiger partial charge in [-0.3, -0.25) is 4.79 Å². The van der Waals surface area contributed by atoms with Crippen molar-refractivity contribution in [3.8, 4) is 11.5 Å². The van der Waals surface area contributed by atoms with Crippen molar-refractivity contribution < 1.29 is 29.6 Å². The molecule has 0 saturated carbocycles. The van der Waals surface area contributed by atoms with E-state index in [0.717, 1.165) is 0 Å². The maximum Gasteiger partial charge on any atom is 0.332 e. The van der Waals surface area contributed by atoms with Crippen molar-refractivity contribution >= 4 is 11.9 Å². The molecule has 0 heterocycles. The number of phenols is 1. The summed E-state index contributed by atoms with van der Waals surface area (Å²) in [5, 5.41) is 29.2. The SMILES string of the molecule is O=C(COc1ccccc1O)NCCC(O)C(=O)O. The fourth-order valence-corrected chi connectivity index (χ4v) is 1.25. The number of carbonyl (C=O) groups is 2. The summed E-state index contributed by atoms with van der Waals surface area (Å²) in [4.78, 5) is 21.6. The zero-order valence-corrected chi connectivity index (χ0v) is 10.1. The van der Waals surface area contributed by atoms with E-state index >= 15 is 0 Å². The second kappa shape index (κ2) is 7.22. The number of aliphatic carboxylic acids is 1. The van der Waals surface area contributed by atoms with Gasteiger partial charge in [-0.05, 0) is 12.1 Å². The van der Waals surface area contributed by atoms with Crippen LogP contribution < -0.4 is 10.1 Å². The van der Waals surface area contributed by atoms with Gasteiger partial charge < -0.3 is 25.4 Å². The van der Waals surface area contributed by atoms with Gasteiger partial charge in [0, 0.05) is 13.0 Å².